The second-order valence-corrected chi connectivity index (χ2v) is 5.42. The molecule has 0 spiro atoms. The van der Waals surface area contributed by atoms with Crippen LogP contribution in [0.4, 0.5) is 5.69 Å². The van der Waals surface area contributed by atoms with Crippen molar-refractivity contribution in [3.63, 3.8) is 0 Å². The van der Waals surface area contributed by atoms with Crippen molar-refractivity contribution < 1.29 is 18.3 Å². The molecule has 1 aromatic heterocycles. The lowest BCUT2D eigenvalue weighted by molar-refractivity contribution is 0.102. The Morgan fingerprint density at radius 1 is 1.25 bits per heavy atom. The third-order valence-electron chi connectivity index (χ3n) is 2.49. The number of nitrogens with zero attached hydrogens (tertiary/aromatic N) is 1. The van der Waals surface area contributed by atoms with E-state index in [1.807, 2.05) is 0 Å². The van der Waals surface area contributed by atoms with E-state index >= 15 is 0 Å². The fraction of sp³-hybridized carbons (Fsp3) is 0. The average molecular weight is 293 g/mol. The third-order valence-corrected chi connectivity index (χ3v) is 3.46. The number of para-hydroxylation sites is 1. The van der Waals surface area contributed by atoms with Gasteiger partial charge in [-0.2, -0.15) is 0 Å². The van der Waals surface area contributed by atoms with Crippen molar-refractivity contribution >= 4 is 21.6 Å². The molecule has 1 heterocycles. The number of aromatic nitrogens is 1. The molecule has 0 unspecified atom stereocenters. The van der Waals surface area contributed by atoms with Gasteiger partial charge >= 0.3 is 0 Å². The van der Waals surface area contributed by atoms with Gasteiger partial charge < -0.3 is 10.4 Å². The van der Waals surface area contributed by atoms with Gasteiger partial charge in [0.2, 0.25) is 10.0 Å². The van der Waals surface area contributed by atoms with E-state index in [2.05, 4.69) is 10.3 Å². The number of amides is 1. The summed E-state index contributed by atoms with van der Waals surface area (Å²) in [4.78, 5) is 15.4. The lowest BCUT2D eigenvalue weighted by Crippen LogP contribution is -2.18. The van der Waals surface area contributed by atoms with Crippen LogP contribution in [0.1, 0.15) is 10.4 Å². The SMILES string of the molecule is NS(=O)(=O)c1ccccc1NC(=O)c1ccncc1O. The normalized spacial score (nSPS) is 11.1. The molecule has 0 aliphatic carbocycles. The fourth-order valence-electron chi connectivity index (χ4n) is 1.59. The van der Waals surface area contributed by atoms with Crippen LogP contribution in [0.2, 0.25) is 0 Å². The van der Waals surface area contributed by atoms with Crippen molar-refractivity contribution in [3.8, 4) is 5.75 Å². The number of primary sulfonamides is 1. The summed E-state index contributed by atoms with van der Waals surface area (Å²) in [7, 11) is -3.96. The molecule has 1 aromatic carbocycles. The largest absolute Gasteiger partial charge is 0.505 e. The Balaban J connectivity index is 2.37. The number of aromatic hydroxyl groups is 1. The molecule has 0 bridgehead atoms. The first-order valence-electron chi connectivity index (χ1n) is 5.46. The maximum absolute atomic E-state index is 12.0. The van der Waals surface area contributed by atoms with E-state index in [4.69, 9.17) is 5.14 Å². The van der Waals surface area contributed by atoms with Crippen molar-refractivity contribution in [1.29, 1.82) is 0 Å². The fourth-order valence-corrected chi connectivity index (χ4v) is 2.28. The number of hydrogen-bond acceptors (Lipinski definition) is 5. The number of nitrogens with two attached hydrogens (primary N) is 1. The van der Waals surface area contributed by atoms with Crippen molar-refractivity contribution in [2.24, 2.45) is 5.14 Å². The summed E-state index contributed by atoms with van der Waals surface area (Å²) in [5.41, 5.74) is 0.0143. The summed E-state index contributed by atoms with van der Waals surface area (Å²) in [5.74, 6) is -0.973. The van der Waals surface area contributed by atoms with E-state index in [1.165, 1.54) is 30.5 Å². The predicted octanol–water partition coefficient (Wildman–Crippen LogP) is 0.687. The molecular formula is C12H11N3O4S. The maximum atomic E-state index is 12.0. The maximum Gasteiger partial charge on any atom is 0.259 e. The quantitative estimate of drug-likeness (QED) is 0.768. The lowest BCUT2D eigenvalue weighted by atomic mass is 10.2. The molecular weight excluding hydrogens is 282 g/mol. The topological polar surface area (TPSA) is 122 Å². The van der Waals surface area contributed by atoms with Crippen LogP contribution in [0, 0.1) is 0 Å². The Morgan fingerprint density at radius 2 is 1.95 bits per heavy atom. The molecule has 0 saturated carbocycles. The van der Waals surface area contributed by atoms with Crippen molar-refractivity contribution in [2.75, 3.05) is 5.32 Å². The number of carbonyl (C=O) groups is 1. The van der Waals surface area contributed by atoms with E-state index in [1.54, 1.807) is 6.07 Å². The number of nitrogens with one attached hydrogen (secondary N) is 1. The smallest absolute Gasteiger partial charge is 0.259 e. The van der Waals surface area contributed by atoms with Gasteiger partial charge in [0.05, 0.1) is 17.4 Å². The predicted molar refractivity (Wildman–Crippen MR) is 71.7 cm³/mol. The van der Waals surface area contributed by atoms with Crippen molar-refractivity contribution in [1.82, 2.24) is 4.98 Å². The molecule has 7 nitrogen and oxygen atoms in total. The van der Waals surface area contributed by atoms with Crippen LogP contribution in [-0.4, -0.2) is 24.4 Å². The van der Waals surface area contributed by atoms with E-state index < -0.39 is 15.9 Å². The monoisotopic (exact) mass is 293 g/mol. The summed E-state index contributed by atoms with van der Waals surface area (Å²) in [6.07, 6.45) is 2.45. The summed E-state index contributed by atoms with van der Waals surface area (Å²) in [5, 5.41) is 17.0. The Kier molecular flexibility index (Phi) is 3.68. The Bertz CT molecular complexity index is 759. The molecule has 4 N–H and O–H groups in total. The minimum atomic E-state index is -3.96. The van der Waals surface area contributed by atoms with Crippen LogP contribution in [-0.2, 0) is 10.0 Å². The summed E-state index contributed by atoms with van der Waals surface area (Å²) < 4.78 is 22.8. The summed E-state index contributed by atoms with van der Waals surface area (Å²) >= 11 is 0. The Labute approximate surface area is 115 Å². The van der Waals surface area contributed by atoms with Crippen LogP contribution in [0.15, 0.2) is 47.6 Å². The minimum Gasteiger partial charge on any atom is -0.505 e. The van der Waals surface area contributed by atoms with Crippen LogP contribution >= 0.6 is 0 Å². The Hall–Kier alpha value is -2.45. The molecule has 104 valence electrons. The number of sulfonamides is 1. The summed E-state index contributed by atoms with van der Waals surface area (Å²) in [6.45, 7) is 0. The van der Waals surface area contributed by atoms with Crippen molar-refractivity contribution in [2.45, 2.75) is 4.90 Å². The first-order valence-corrected chi connectivity index (χ1v) is 7.00. The summed E-state index contributed by atoms with van der Waals surface area (Å²) in [6, 6.07) is 7.02. The zero-order valence-electron chi connectivity index (χ0n) is 10.1. The molecule has 0 radical (unpaired) electrons. The second kappa shape index (κ2) is 5.27. The zero-order chi connectivity index (χ0) is 14.8. The van der Waals surface area contributed by atoms with E-state index in [-0.39, 0.29) is 21.9 Å². The van der Waals surface area contributed by atoms with Gasteiger partial charge in [0.1, 0.15) is 10.6 Å². The number of hydrogen-bond donors (Lipinski definition) is 3. The third kappa shape index (κ3) is 2.92. The highest BCUT2D eigenvalue weighted by atomic mass is 32.2. The molecule has 0 fully saturated rings. The van der Waals surface area contributed by atoms with Crippen molar-refractivity contribution in [3.05, 3.63) is 48.3 Å². The van der Waals surface area contributed by atoms with E-state index in [0.29, 0.717) is 0 Å². The van der Waals surface area contributed by atoms with Gasteiger partial charge in [-0.05, 0) is 18.2 Å². The molecule has 20 heavy (non-hydrogen) atoms. The lowest BCUT2D eigenvalue weighted by Gasteiger charge is -2.09. The molecule has 0 aliphatic heterocycles. The highest BCUT2D eigenvalue weighted by Gasteiger charge is 2.17. The highest BCUT2D eigenvalue weighted by molar-refractivity contribution is 7.89. The van der Waals surface area contributed by atoms with Gasteiger partial charge in [0, 0.05) is 6.20 Å². The van der Waals surface area contributed by atoms with E-state index in [0.717, 1.165) is 6.20 Å². The van der Waals surface area contributed by atoms with Gasteiger partial charge in [-0.25, -0.2) is 13.6 Å². The second-order valence-electron chi connectivity index (χ2n) is 3.89. The molecule has 0 aliphatic rings. The van der Waals surface area contributed by atoms with Gasteiger partial charge in [-0.15, -0.1) is 0 Å². The number of benzene rings is 1. The standard InChI is InChI=1S/C12H11N3O4S/c13-20(18,19)11-4-2-1-3-9(11)15-12(17)8-5-6-14-7-10(8)16/h1-7,16H,(H,15,17)(H2,13,18,19). The number of anilines is 1. The van der Waals surface area contributed by atoms with Crippen LogP contribution < -0.4 is 10.5 Å². The highest BCUT2D eigenvalue weighted by Crippen LogP contribution is 2.22. The average Bonchev–Trinajstić information content (AvgIpc) is 2.38. The van der Waals surface area contributed by atoms with Gasteiger partial charge in [0.15, 0.2) is 0 Å². The zero-order valence-corrected chi connectivity index (χ0v) is 11.0. The first kappa shape index (κ1) is 14.0. The molecule has 2 aromatic rings. The Morgan fingerprint density at radius 3 is 2.60 bits per heavy atom. The van der Waals surface area contributed by atoms with Gasteiger partial charge in [-0.3, -0.25) is 9.78 Å². The van der Waals surface area contributed by atoms with Gasteiger partial charge in [-0.1, -0.05) is 12.1 Å². The number of pyridine rings is 1. The van der Waals surface area contributed by atoms with Crippen LogP contribution in [0.5, 0.6) is 5.75 Å². The molecule has 0 atom stereocenters. The first-order chi connectivity index (χ1) is 9.39. The molecule has 1 amide bonds. The van der Waals surface area contributed by atoms with E-state index in [9.17, 15) is 18.3 Å². The number of carbonyl (C=O) groups excluding carboxylic acids is 1. The minimum absolute atomic E-state index is 0.0239. The van der Waals surface area contributed by atoms with Gasteiger partial charge in [0.25, 0.3) is 5.91 Å². The van der Waals surface area contributed by atoms with Crippen LogP contribution in [0.25, 0.3) is 0 Å². The molecule has 8 heteroatoms. The van der Waals surface area contributed by atoms with Crippen LogP contribution in [0.3, 0.4) is 0 Å². The molecule has 2 rings (SSSR count). The molecule has 0 saturated heterocycles. The number of rotatable bonds is 3.